The third kappa shape index (κ3) is 5.14. The van der Waals surface area contributed by atoms with E-state index in [-0.39, 0.29) is 5.95 Å². The normalized spacial score (nSPS) is 13.5. The number of methoxy groups -OCH3 is 2. The summed E-state index contributed by atoms with van der Waals surface area (Å²) < 4.78 is 40.6. The molecule has 3 aromatic rings. The third-order valence-electron chi connectivity index (χ3n) is 4.88. The molecule has 1 N–H and O–H groups in total. The first-order chi connectivity index (χ1) is 14.9. The first kappa shape index (κ1) is 22.6. The molecule has 3 rings (SSSR count). The Morgan fingerprint density at radius 1 is 1.10 bits per heavy atom. The molecule has 0 saturated heterocycles. The molecule has 31 heavy (non-hydrogen) atoms. The molecule has 166 valence electrons. The summed E-state index contributed by atoms with van der Waals surface area (Å²) in [6.45, 7) is 4.04. The van der Waals surface area contributed by atoms with Crippen molar-refractivity contribution in [2.24, 2.45) is 0 Å². The number of aromatic nitrogens is 6. The van der Waals surface area contributed by atoms with Crippen LogP contribution in [0.2, 0.25) is 0 Å². The molecule has 0 aliphatic carbocycles. The van der Waals surface area contributed by atoms with E-state index in [1.807, 2.05) is 6.07 Å². The Bertz CT molecular complexity index is 1090. The van der Waals surface area contributed by atoms with E-state index in [9.17, 15) is 8.42 Å². The van der Waals surface area contributed by atoms with Crippen LogP contribution in [0.1, 0.15) is 25.6 Å². The fraction of sp³-hybridized carbons (Fsp3) is 0.421. The van der Waals surface area contributed by atoms with Gasteiger partial charge in [0.15, 0.2) is 11.6 Å². The van der Waals surface area contributed by atoms with Crippen molar-refractivity contribution in [3.8, 4) is 17.3 Å². The maximum absolute atomic E-state index is 13.1. The molecular weight excluding hydrogens is 422 g/mol. The van der Waals surface area contributed by atoms with Gasteiger partial charge in [0, 0.05) is 19.2 Å². The Balaban J connectivity index is 1.86. The lowest BCUT2D eigenvalue weighted by molar-refractivity contribution is 0.188. The summed E-state index contributed by atoms with van der Waals surface area (Å²) in [7, 11) is -0.764. The lowest BCUT2D eigenvalue weighted by Crippen LogP contribution is -2.31. The molecule has 0 aliphatic heterocycles. The van der Waals surface area contributed by atoms with Gasteiger partial charge in [0.25, 0.3) is 0 Å². The van der Waals surface area contributed by atoms with Gasteiger partial charge in [-0.15, -0.1) is 10.2 Å². The topological polar surface area (TPSA) is 134 Å². The van der Waals surface area contributed by atoms with Crippen molar-refractivity contribution in [3.05, 3.63) is 42.6 Å². The average molecular weight is 448 g/mol. The first-order valence-electron chi connectivity index (χ1n) is 9.58. The fourth-order valence-electron chi connectivity index (χ4n) is 2.82. The van der Waals surface area contributed by atoms with E-state index in [0.29, 0.717) is 36.2 Å². The Hall–Kier alpha value is -3.12. The minimum absolute atomic E-state index is 0.0902. The number of anilines is 1. The van der Waals surface area contributed by atoms with Crippen LogP contribution in [0.15, 0.2) is 36.8 Å². The standard InChI is InChI=1S/C19H25N7O4S/c1-13(17-21-11-15(30-4)12-22-17)14(2)31(27,28)25-19-24-23-18(26(19)9-10-29-3)16-7-5-6-8-20-16/h5-8,11-14H,9-10H2,1-4H3,(H,24,25). The van der Waals surface area contributed by atoms with Gasteiger partial charge in [-0.25, -0.2) is 18.4 Å². The zero-order valence-corrected chi connectivity index (χ0v) is 18.6. The Morgan fingerprint density at radius 3 is 2.45 bits per heavy atom. The van der Waals surface area contributed by atoms with Gasteiger partial charge in [0.1, 0.15) is 11.5 Å². The third-order valence-corrected chi connectivity index (χ3v) is 6.74. The Labute approximate surface area is 180 Å². The van der Waals surface area contributed by atoms with Gasteiger partial charge in [0.05, 0.1) is 37.9 Å². The largest absolute Gasteiger partial charge is 0.494 e. The average Bonchev–Trinajstić information content (AvgIpc) is 3.18. The molecule has 0 saturated carbocycles. The molecule has 0 aromatic carbocycles. The van der Waals surface area contributed by atoms with Crippen molar-refractivity contribution in [3.63, 3.8) is 0 Å². The molecule has 3 aromatic heterocycles. The van der Waals surface area contributed by atoms with E-state index in [1.165, 1.54) is 19.5 Å². The van der Waals surface area contributed by atoms with E-state index < -0.39 is 21.2 Å². The second kappa shape index (κ2) is 9.79. The molecule has 0 aliphatic rings. The van der Waals surface area contributed by atoms with E-state index in [4.69, 9.17) is 9.47 Å². The maximum atomic E-state index is 13.1. The van der Waals surface area contributed by atoms with E-state index in [2.05, 4.69) is 29.9 Å². The van der Waals surface area contributed by atoms with Crippen LogP contribution in [0.5, 0.6) is 5.75 Å². The van der Waals surface area contributed by atoms with Crippen LogP contribution in [-0.4, -0.2) is 64.2 Å². The number of ether oxygens (including phenoxy) is 2. The predicted octanol–water partition coefficient (Wildman–Crippen LogP) is 1.72. The zero-order chi connectivity index (χ0) is 22.4. The molecule has 2 unspecified atom stereocenters. The molecule has 11 nitrogen and oxygen atoms in total. The van der Waals surface area contributed by atoms with Crippen LogP contribution in [-0.2, 0) is 21.3 Å². The zero-order valence-electron chi connectivity index (χ0n) is 17.8. The van der Waals surface area contributed by atoms with Crippen molar-refractivity contribution in [1.29, 1.82) is 0 Å². The lowest BCUT2D eigenvalue weighted by atomic mass is 10.1. The molecule has 0 amide bonds. The van der Waals surface area contributed by atoms with E-state index in [1.54, 1.807) is 43.9 Å². The number of nitrogens with zero attached hydrogens (tertiary/aromatic N) is 6. The quantitative estimate of drug-likeness (QED) is 0.493. The van der Waals surface area contributed by atoms with Crippen LogP contribution in [0, 0.1) is 0 Å². The van der Waals surface area contributed by atoms with E-state index >= 15 is 0 Å². The monoisotopic (exact) mass is 447 g/mol. The number of hydrogen-bond acceptors (Lipinski definition) is 9. The lowest BCUT2D eigenvalue weighted by Gasteiger charge is -2.20. The van der Waals surface area contributed by atoms with Crippen molar-refractivity contribution in [2.75, 3.05) is 25.5 Å². The molecule has 0 radical (unpaired) electrons. The van der Waals surface area contributed by atoms with Crippen molar-refractivity contribution in [1.82, 2.24) is 29.7 Å². The van der Waals surface area contributed by atoms with Gasteiger partial charge in [-0.3, -0.25) is 14.3 Å². The second-order valence-corrected chi connectivity index (χ2v) is 8.87. The van der Waals surface area contributed by atoms with Crippen LogP contribution in [0.4, 0.5) is 5.95 Å². The smallest absolute Gasteiger partial charge is 0.238 e. The van der Waals surface area contributed by atoms with Crippen molar-refractivity contribution < 1.29 is 17.9 Å². The minimum Gasteiger partial charge on any atom is -0.494 e. The molecule has 0 spiro atoms. The Kier molecular flexibility index (Phi) is 7.13. The number of hydrogen-bond donors (Lipinski definition) is 1. The highest BCUT2D eigenvalue weighted by molar-refractivity contribution is 7.93. The molecule has 0 bridgehead atoms. The minimum atomic E-state index is -3.84. The van der Waals surface area contributed by atoms with Crippen LogP contribution < -0.4 is 9.46 Å². The summed E-state index contributed by atoms with van der Waals surface area (Å²) in [4.78, 5) is 12.7. The summed E-state index contributed by atoms with van der Waals surface area (Å²) in [5.41, 5.74) is 0.574. The first-order valence-corrected chi connectivity index (χ1v) is 11.1. The van der Waals surface area contributed by atoms with Gasteiger partial charge in [0.2, 0.25) is 16.0 Å². The van der Waals surface area contributed by atoms with Gasteiger partial charge in [-0.1, -0.05) is 13.0 Å². The van der Waals surface area contributed by atoms with Gasteiger partial charge >= 0.3 is 0 Å². The number of pyridine rings is 1. The highest BCUT2D eigenvalue weighted by Gasteiger charge is 2.31. The fourth-order valence-corrected chi connectivity index (χ4v) is 4.07. The second-order valence-electron chi connectivity index (χ2n) is 6.83. The van der Waals surface area contributed by atoms with Gasteiger partial charge in [-0.2, -0.15) is 0 Å². The summed E-state index contributed by atoms with van der Waals surface area (Å²) in [6.07, 6.45) is 4.64. The van der Waals surface area contributed by atoms with Crippen LogP contribution >= 0.6 is 0 Å². The van der Waals surface area contributed by atoms with Crippen molar-refractivity contribution >= 4 is 16.0 Å². The number of sulfonamides is 1. The molecule has 0 fully saturated rings. The molecular formula is C19H25N7O4S. The number of rotatable bonds is 10. The molecule has 3 heterocycles. The summed E-state index contributed by atoms with van der Waals surface area (Å²) in [5, 5.41) is 7.34. The van der Waals surface area contributed by atoms with Gasteiger partial charge < -0.3 is 9.47 Å². The molecule has 2 atom stereocenters. The number of nitrogens with one attached hydrogen (secondary N) is 1. The van der Waals surface area contributed by atoms with Crippen LogP contribution in [0.25, 0.3) is 11.5 Å². The Morgan fingerprint density at radius 2 is 1.84 bits per heavy atom. The SMILES string of the molecule is COCCn1c(NS(=O)(=O)C(C)C(C)c2ncc(OC)cn2)nnc1-c1ccccn1. The van der Waals surface area contributed by atoms with Crippen molar-refractivity contribution in [2.45, 2.75) is 31.6 Å². The molecule has 12 heteroatoms. The summed E-state index contributed by atoms with van der Waals surface area (Å²) in [5.74, 6) is 0.947. The summed E-state index contributed by atoms with van der Waals surface area (Å²) >= 11 is 0. The predicted molar refractivity (Wildman–Crippen MR) is 114 cm³/mol. The maximum Gasteiger partial charge on any atom is 0.238 e. The highest BCUT2D eigenvalue weighted by atomic mass is 32.2. The van der Waals surface area contributed by atoms with E-state index in [0.717, 1.165) is 0 Å². The van der Waals surface area contributed by atoms with Crippen LogP contribution in [0.3, 0.4) is 0 Å². The summed E-state index contributed by atoms with van der Waals surface area (Å²) in [6, 6.07) is 5.38. The van der Waals surface area contributed by atoms with Gasteiger partial charge in [-0.05, 0) is 19.1 Å². The highest BCUT2D eigenvalue weighted by Crippen LogP contribution is 2.25.